The van der Waals surface area contributed by atoms with Crippen LogP contribution in [0.4, 0.5) is 5.13 Å². The third-order valence-corrected chi connectivity index (χ3v) is 6.51. The summed E-state index contributed by atoms with van der Waals surface area (Å²) in [6, 6.07) is 7.07. The van der Waals surface area contributed by atoms with Gasteiger partial charge in [0, 0.05) is 5.56 Å². The van der Waals surface area contributed by atoms with E-state index in [1.165, 1.54) is 13.4 Å². The van der Waals surface area contributed by atoms with E-state index in [0.717, 1.165) is 21.8 Å². The molecule has 0 radical (unpaired) electrons. The Morgan fingerprint density at radius 1 is 1.26 bits per heavy atom. The molecular formula is C24H22N2O7S. The molecule has 1 N–H and O–H groups in total. The average Bonchev–Trinajstić information content (AvgIpc) is 3.52. The lowest BCUT2D eigenvalue weighted by Crippen LogP contribution is -2.29. The number of furan rings is 1. The Hall–Kier alpha value is -3.92. The fraction of sp³-hybridized carbons (Fsp3) is 0.250. The molecule has 1 atom stereocenters. The Morgan fingerprint density at radius 2 is 2.03 bits per heavy atom. The number of nitrogens with zero attached hydrogens (tertiary/aromatic N) is 2. The number of ether oxygens (including phenoxy) is 2. The first kappa shape index (κ1) is 23.2. The molecule has 176 valence electrons. The smallest absolute Gasteiger partial charge is 0.350 e. The molecule has 0 unspecified atom stereocenters. The quantitative estimate of drug-likeness (QED) is 0.241. The monoisotopic (exact) mass is 482 g/mol. The summed E-state index contributed by atoms with van der Waals surface area (Å²) in [5.74, 6) is -1.83. The number of methoxy groups -OCH3 is 1. The number of hydrogen-bond donors (Lipinski definition) is 1. The highest BCUT2D eigenvalue weighted by atomic mass is 32.1. The SMILES string of the molecule is CCOC(=O)c1sc(N2C(=O)C(=O)/C(=C(/O)c3ccc(OC)c(C)c3)[C@H]2c2ccco2)nc1C. The van der Waals surface area contributed by atoms with Gasteiger partial charge in [0.25, 0.3) is 5.78 Å². The Labute approximate surface area is 199 Å². The van der Waals surface area contributed by atoms with Crippen molar-refractivity contribution in [1.82, 2.24) is 4.98 Å². The Bertz CT molecular complexity index is 1310. The number of ketones is 1. The van der Waals surface area contributed by atoms with Crippen molar-refractivity contribution in [2.75, 3.05) is 18.6 Å². The van der Waals surface area contributed by atoms with Crippen molar-refractivity contribution in [3.8, 4) is 5.75 Å². The zero-order chi connectivity index (χ0) is 24.6. The highest BCUT2D eigenvalue weighted by Gasteiger charge is 2.49. The van der Waals surface area contributed by atoms with Crippen LogP contribution in [0.2, 0.25) is 0 Å². The number of aliphatic hydroxyl groups is 1. The second kappa shape index (κ2) is 9.14. The third-order valence-electron chi connectivity index (χ3n) is 5.38. The van der Waals surface area contributed by atoms with E-state index in [9.17, 15) is 19.5 Å². The second-order valence-electron chi connectivity index (χ2n) is 7.50. The number of amides is 1. The number of Topliss-reactive ketones (excluding diaryl/α,β-unsaturated/α-hetero) is 1. The molecule has 1 aliphatic heterocycles. The van der Waals surface area contributed by atoms with Gasteiger partial charge in [0.15, 0.2) is 5.13 Å². The summed E-state index contributed by atoms with van der Waals surface area (Å²) in [6.07, 6.45) is 1.41. The maximum absolute atomic E-state index is 13.2. The van der Waals surface area contributed by atoms with Crippen LogP contribution in [-0.4, -0.2) is 41.5 Å². The van der Waals surface area contributed by atoms with E-state index in [1.54, 1.807) is 51.1 Å². The number of benzene rings is 1. The average molecular weight is 483 g/mol. The highest BCUT2D eigenvalue weighted by molar-refractivity contribution is 7.17. The molecule has 1 saturated heterocycles. The van der Waals surface area contributed by atoms with E-state index in [1.807, 2.05) is 0 Å². The van der Waals surface area contributed by atoms with Gasteiger partial charge in [0.05, 0.1) is 31.2 Å². The fourth-order valence-electron chi connectivity index (χ4n) is 3.80. The van der Waals surface area contributed by atoms with Gasteiger partial charge < -0.3 is 19.0 Å². The first-order valence-electron chi connectivity index (χ1n) is 10.4. The van der Waals surface area contributed by atoms with E-state index in [0.29, 0.717) is 17.0 Å². The zero-order valence-corrected chi connectivity index (χ0v) is 19.8. The van der Waals surface area contributed by atoms with Crippen molar-refractivity contribution < 1.29 is 33.4 Å². The van der Waals surface area contributed by atoms with Gasteiger partial charge in [-0.25, -0.2) is 9.78 Å². The van der Waals surface area contributed by atoms with Crippen LogP contribution < -0.4 is 9.64 Å². The Balaban J connectivity index is 1.87. The Morgan fingerprint density at radius 3 is 2.65 bits per heavy atom. The minimum absolute atomic E-state index is 0.119. The van der Waals surface area contributed by atoms with E-state index in [4.69, 9.17) is 13.9 Å². The van der Waals surface area contributed by atoms with E-state index in [-0.39, 0.29) is 33.7 Å². The van der Waals surface area contributed by atoms with Crippen molar-refractivity contribution in [3.05, 3.63) is 69.6 Å². The van der Waals surface area contributed by atoms with Gasteiger partial charge in [0.2, 0.25) is 0 Å². The molecule has 9 nitrogen and oxygen atoms in total. The molecular weight excluding hydrogens is 460 g/mol. The lowest BCUT2D eigenvalue weighted by molar-refractivity contribution is -0.132. The number of carbonyl (C=O) groups excluding carboxylic acids is 3. The number of aliphatic hydroxyl groups excluding tert-OH is 1. The molecule has 0 saturated carbocycles. The number of esters is 1. The lowest BCUT2D eigenvalue weighted by Gasteiger charge is -2.20. The van der Waals surface area contributed by atoms with Crippen LogP contribution in [-0.2, 0) is 14.3 Å². The van der Waals surface area contributed by atoms with Crippen LogP contribution in [0.1, 0.15) is 45.2 Å². The molecule has 10 heteroatoms. The molecule has 34 heavy (non-hydrogen) atoms. The van der Waals surface area contributed by atoms with Crippen molar-refractivity contribution in [1.29, 1.82) is 0 Å². The predicted octanol–water partition coefficient (Wildman–Crippen LogP) is 4.16. The number of aryl methyl sites for hydroxylation is 2. The van der Waals surface area contributed by atoms with Crippen LogP contribution >= 0.6 is 11.3 Å². The molecule has 1 aliphatic rings. The normalized spacial score (nSPS) is 17.3. The zero-order valence-electron chi connectivity index (χ0n) is 18.9. The number of rotatable bonds is 6. The van der Waals surface area contributed by atoms with Gasteiger partial charge in [-0.05, 0) is 56.7 Å². The van der Waals surface area contributed by atoms with Gasteiger partial charge in [0.1, 0.15) is 28.2 Å². The van der Waals surface area contributed by atoms with Gasteiger partial charge >= 0.3 is 11.9 Å². The molecule has 3 aromatic rings. The van der Waals surface area contributed by atoms with Gasteiger partial charge in [-0.15, -0.1) is 0 Å². The van der Waals surface area contributed by atoms with Crippen LogP contribution in [0.3, 0.4) is 0 Å². The molecule has 1 amide bonds. The topological polar surface area (TPSA) is 119 Å². The van der Waals surface area contributed by atoms with Gasteiger partial charge in [-0.3, -0.25) is 14.5 Å². The maximum atomic E-state index is 13.2. The summed E-state index contributed by atoms with van der Waals surface area (Å²) in [7, 11) is 1.53. The molecule has 1 aromatic carbocycles. The van der Waals surface area contributed by atoms with Crippen LogP contribution in [0, 0.1) is 13.8 Å². The number of aromatic nitrogens is 1. The summed E-state index contributed by atoms with van der Waals surface area (Å²) < 4.78 is 15.9. The molecule has 4 rings (SSSR count). The molecule has 0 spiro atoms. The molecule has 0 bridgehead atoms. The summed E-state index contributed by atoms with van der Waals surface area (Å²) >= 11 is 0.933. The van der Waals surface area contributed by atoms with Crippen molar-refractivity contribution in [2.45, 2.75) is 26.8 Å². The highest BCUT2D eigenvalue weighted by Crippen LogP contribution is 2.44. The van der Waals surface area contributed by atoms with Crippen LogP contribution in [0.5, 0.6) is 5.75 Å². The van der Waals surface area contributed by atoms with E-state index < -0.39 is 23.7 Å². The standard InChI is InChI=1S/C24H22N2O7S/c1-5-32-23(30)21-13(3)25-24(34-21)26-18(16-7-6-10-33-16)17(20(28)22(26)29)19(27)14-8-9-15(31-4)12(2)11-14/h6-11,18,27H,5H2,1-4H3/b19-17+/t18-/m1/s1. The summed E-state index contributed by atoms with van der Waals surface area (Å²) in [5, 5.41) is 11.3. The van der Waals surface area contributed by atoms with Gasteiger partial charge in [-0.2, -0.15) is 0 Å². The number of anilines is 1. The second-order valence-corrected chi connectivity index (χ2v) is 8.48. The van der Waals surface area contributed by atoms with Crippen molar-refractivity contribution >= 4 is 39.9 Å². The predicted molar refractivity (Wildman–Crippen MR) is 124 cm³/mol. The molecule has 1 fully saturated rings. The third kappa shape index (κ3) is 3.86. The van der Waals surface area contributed by atoms with E-state index in [2.05, 4.69) is 4.98 Å². The first-order valence-corrected chi connectivity index (χ1v) is 11.2. The van der Waals surface area contributed by atoms with Gasteiger partial charge in [-0.1, -0.05) is 11.3 Å². The first-order chi connectivity index (χ1) is 16.3. The molecule has 2 aromatic heterocycles. The molecule has 3 heterocycles. The van der Waals surface area contributed by atoms with Crippen molar-refractivity contribution in [2.24, 2.45) is 0 Å². The van der Waals surface area contributed by atoms with Crippen LogP contribution in [0.25, 0.3) is 5.76 Å². The van der Waals surface area contributed by atoms with Crippen LogP contribution in [0.15, 0.2) is 46.6 Å². The van der Waals surface area contributed by atoms with E-state index >= 15 is 0 Å². The summed E-state index contributed by atoms with van der Waals surface area (Å²) in [5.41, 5.74) is 1.31. The minimum atomic E-state index is -1.07. The largest absolute Gasteiger partial charge is 0.507 e. The number of hydrogen-bond acceptors (Lipinski definition) is 9. The van der Waals surface area contributed by atoms with Crippen molar-refractivity contribution in [3.63, 3.8) is 0 Å². The fourth-order valence-corrected chi connectivity index (χ4v) is 4.79. The maximum Gasteiger partial charge on any atom is 0.350 e. The number of carbonyl (C=O) groups is 3. The summed E-state index contributed by atoms with van der Waals surface area (Å²) in [6.45, 7) is 5.29. The molecule has 0 aliphatic carbocycles. The lowest BCUT2D eigenvalue weighted by atomic mass is 9.98. The minimum Gasteiger partial charge on any atom is -0.507 e. The summed E-state index contributed by atoms with van der Waals surface area (Å²) in [4.78, 5) is 44.3. The number of thiazole rings is 1. The Kier molecular flexibility index (Phi) is 6.25.